The Bertz CT molecular complexity index is 878. The molecule has 2 rings (SSSR count). The standard InChI is InChI=1S/C24H33Cl6NO5S/c1-4-13(25)7-14(26)5-6-15(27)21(33)20(30)19(29)16(28)8-18-11(2)23(36-10-35-18)22(34)24-31-17(9-37-24)12(3)32/h5-6,9,11,13-16,18-23,33-34H,4,7-8,10H2,1-3H3/b6-5-/t11-,13?,14?,15?,16?,18-,19?,20?,21?,22?,23-/m1/s1. The summed E-state index contributed by atoms with van der Waals surface area (Å²) < 4.78 is 11.4. The number of rotatable bonds is 14. The molecule has 1 aliphatic rings. The fourth-order valence-corrected chi connectivity index (χ4v) is 6.62. The van der Waals surface area contributed by atoms with Crippen molar-refractivity contribution in [3.8, 4) is 0 Å². The molecule has 212 valence electrons. The molecule has 0 radical (unpaired) electrons. The highest BCUT2D eigenvalue weighted by molar-refractivity contribution is 7.09. The van der Waals surface area contributed by atoms with Gasteiger partial charge in [0.15, 0.2) is 5.78 Å². The number of allylic oxidation sites excluding steroid dienone is 1. The Morgan fingerprint density at radius 3 is 2.43 bits per heavy atom. The summed E-state index contributed by atoms with van der Waals surface area (Å²) in [5, 5.41) is 19.8. The van der Waals surface area contributed by atoms with Crippen LogP contribution in [0.25, 0.3) is 0 Å². The molecule has 6 nitrogen and oxygen atoms in total. The number of aliphatic hydroxyl groups is 2. The van der Waals surface area contributed by atoms with E-state index in [1.54, 1.807) is 17.5 Å². The number of thiazole rings is 1. The van der Waals surface area contributed by atoms with Gasteiger partial charge in [0.2, 0.25) is 0 Å². The second-order valence-corrected chi connectivity index (χ2v) is 13.2. The predicted octanol–water partition coefficient (Wildman–Crippen LogP) is 6.51. The van der Waals surface area contributed by atoms with E-state index in [2.05, 4.69) is 4.98 Å². The van der Waals surface area contributed by atoms with Crippen LogP contribution in [0.2, 0.25) is 0 Å². The molecule has 1 aliphatic heterocycles. The number of hydrogen-bond donors (Lipinski definition) is 2. The summed E-state index contributed by atoms with van der Waals surface area (Å²) in [6.07, 6.45) is 1.66. The van der Waals surface area contributed by atoms with Gasteiger partial charge in [-0.15, -0.1) is 80.9 Å². The molecule has 1 saturated heterocycles. The highest BCUT2D eigenvalue weighted by Crippen LogP contribution is 2.36. The zero-order valence-corrected chi connectivity index (χ0v) is 26.0. The fourth-order valence-electron chi connectivity index (χ4n) is 3.85. The van der Waals surface area contributed by atoms with Crippen molar-refractivity contribution in [2.24, 2.45) is 5.92 Å². The van der Waals surface area contributed by atoms with Crippen molar-refractivity contribution in [3.63, 3.8) is 0 Å². The number of hydrogen-bond acceptors (Lipinski definition) is 7. The van der Waals surface area contributed by atoms with E-state index in [1.165, 1.54) is 18.3 Å². The Kier molecular flexibility index (Phi) is 14.8. The van der Waals surface area contributed by atoms with E-state index in [1.807, 2.05) is 13.8 Å². The Labute approximate surface area is 252 Å². The first kappa shape index (κ1) is 33.8. The van der Waals surface area contributed by atoms with E-state index in [-0.39, 0.29) is 35.7 Å². The maximum absolute atomic E-state index is 11.6. The van der Waals surface area contributed by atoms with Crippen LogP contribution >= 0.6 is 80.9 Å². The molecule has 0 saturated carbocycles. The molecule has 8 unspecified atom stereocenters. The number of ether oxygens (including phenoxy) is 2. The molecule has 2 heterocycles. The van der Waals surface area contributed by atoms with Gasteiger partial charge in [-0.05, 0) is 19.3 Å². The van der Waals surface area contributed by atoms with Crippen molar-refractivity contribution < 1.29 is 24.5 Å². The average Bonchev–Trinajstić information content (AvgIpc) is 3.37. The maximum Gasteiger partial charge on any atom is 0.178 e. The zero-order chi connectivity index (χ0) is 27.9. The third kappa shape index (κ3) is 9.89. The maximum atomic E-state index is 11.6. The summed E-state index contributed by atoms with van der Waals surface area (Å²) in [6.45, 7) is 5.20. The minimum absolute atomic E-state index is 0.0500. The van der Waals surface area contributed by atoms with Crippen molar-refractivity contribution in [3.05, 3.63) is 28.2 Å². The molecule has 1 fully saturated rings. The summed E-state index contributed by atoms with van der Waals surface area (Å²) in [4.78, 5) is 15.8. The number of ketones is 1. The lowest BCUT2D eigenvalue weighted by atomic mass is 9.89. The molecule has 1 aromatic rings. The van der Waals surface area contributed by atoms with Crippen molar-refractivity contribution in [1.29, 1.82) is 0 Å². The molecule has 0 spiro atoms. The van der Waals surface area contributed by atoms with Crippen molar-refractivity contribution >= 4 is 86.7 Å². The minimum atomic E-state index is -1.19. The molecule has 13 heteroatoms. The summed E-state index contributed by atoms with van der Waals surface area (Å²) >= 11 is 39.5. The lowest BCUT2D eigenvalue weighted by molar-refractivity contribution is -0.230. The Morgan fingerprint density at radius 1 is 1.16 bits per heavy atom. The number of nitrogens with zero attached hydrogens (tertiary/aromatic N) is 1. The predicted molar refractivity (Wildman–Crippen MR) is 153 cm³/mol. The number of carbonyl (C=O) groups excluding carboxylic acids is 1. The molecule has 0 aromatic carbocycles. The molecule has 0 amide bonds. The van der Waals surface area contributed by atoms with Crippen LogP contribution in [0.4, 0.5) is 0 Å². The molecule has 0 aliphatic carbocycles. The number of Topliss-reactive ketones (excluding diaryl/α,β-unsaturated/α-hetero) is 1. The molecular weight excluding hydrogens is 627 g/mol. The van der Waals surface area contributed by atoms with Crippen LogP contribution in [0.5, 0.6) is 0 Å². The number of alkyl halides is 6. The minimum Gasteiger partial charge on any atom is -0.390 e. The summed E-state index contributed by atoms with van der Waals surface area (Å²) in [5.41, 5.74) is 0.297. The highest BCUT2D eigenvalue weighted by atomic mass is 35.5. The fraction of sp³-hybridized carbons (Fsp3) is 0.750. The summed E-state index contributed by atoms with van der Waals surface area (Å²) in [6, 6.07) is 0. The largest absolute Gasteiger partial charge is 0.390 e. The van der Waals surface area contributed by atoms with Gasteiger partial charge in [0.25, 0.3) is 0 Å². The number of aliphatic hydroxyl groups excluding tert-OH is 2. The van der Waals surface area contributed by atoms with Gasteiger partial charge in [-0.25, -0.2) is 4.98 Å². The second kappa shape index (κ2) is 16.2. The molecule has 1 aromatic heterocycles. The first-order valence-electron chi connectivity index (χ1n) is 12.0. The van der Waals surface area contributed by atoms with Crippen molar-refractivity contribution in [2.45, 2.75) is 96.7 Å². The van der Waals surface area contributed by atoms with Crippen LogP contribution in [0.1, 0.15) is 61.6 Å². The van der Waals surface area contributed by atoms with Gasteiger partial charge in [-0.2, -0.15) is 0 Å². The Balaban J connectivity index is 1.95. The van der Waals surface area contributed by atoms with Gasteiger partial charge in [0, 0.05) is 23.6 Å². The van der Waals surface area contributed by atoms with E-state index >= 15 is 0 Å². The first-order chi connectivity index (χ1) is 17.4. The smallest absolute Gasteiger partial charge is 0.178 e. The highest BCUT2D eigenvalue weighted by Gasteiger charge is 2.41. The van der Waals surface area contributed by atoms with Gasteiger partial charge in [-0.3, -0.25) is 4.79 Å². The second-order valence-electron chi connectivity index (χ2n) is 9.10. The van der Waals surface area contributed by atoms with Crippen LogP contribution in [0, 0.1) is 5.92 Å². The molecule has 0 bridgehead atoms. The Morgan fingerprint density at radius 2 is 1.84 bits per heavy atom. The van der Waals surface area contributed by atoms with Crippen LogP contribution in [-0.4, -0.2) is 78.3 Å². The van der Waals surface area contributed by atoms with Gasteiger partial charge >= 0.3 is 0 Å². The molecular formula is C24H33Cl6NO5S. The van der Waals surface area contributed by atoms with Gasteiger partial charge in [0.05, 0.1) is 45.2 Å². The van der Waals surface area contributed by atoms with Crippen molar-refractivity contribution in [1.82, 2.24) is 4.98 Å². The lowest BCUT2D eigenvalue weighted by Crippen LogP contribution is -2.46. The number of halogens is 6. The van der Waals surface area contributed by atoms with Crippen molar-refractivity contribution in [2.75, 3.05) is 6.79 Å². The van der Waals surface area contributed by atoms with Crippen LogP contribution < -0.4 is 0 Å². The first-order valence-corrected chi connectivity index (χ1v) is 15.5. The SMILES string of the molecule is CCC(Cl)CC(Cl)/C=C\C(Cl)C(O)C(Cl)C(Cl)C(Cl)C[C@H]1OCO[C@@H](C(O)c2nc(C(C)=O)cs2)[C@@H]1C. The summed E-state index contributed by atoms with van der Waals surface area (Å²) in [5.74, 6) is -0.461. The van der Waals surface area contributed by atoms with Crippen LogP contribution in [0.3, 0.4) is 0 Å². The lowest BCUT2D eigenvalue weighted by Gasteiger charge is -2.39. The van der Waals surface area contributed by atoms with Gasteiger partial charge in [-0.1, -0.05) is 26.0 Å². The van der Waals surface area contributed by atoms with Crippen LogP contribution in [0.15, 0.2) is 17.5 Å². The Hall–Kier alpha value is 0.620. The van der Waals surface area contributed by atoms with E-state index in [0.29, 0.717) is 17.1 Å². The molecule has 37 heavy (non-hydrogen) atoms. The van der Waals surface area contributed by atoms with E-state index in [4.69, 9.17) is 79.1 Å². The molecule has 11 atom stereocenters. The third-order valence-corrected chi connectivity index (χ3v) is 10.2. The zero-order valence-electron chi connectivity index (χ0n) is 20.7. The third-order valence-electron chi connectivity index (χ3n) is 6.28. The normalized spacial score (nSPS) is 27.3. The number of carbonyl (C=O) groups is 1. The quantitative estimate of drug-likeness (QED) is 0.135. The molecule has 2 N–H and O–H groups in total. The average molecular weight is 660 g/mol. The summed E-state index contributed by atoms with van der Waals surface area (Å²) in [7, 11) is 0. The van der Waals surface area contributed by atoms with Crippen LogP contribution in [-0.2, 0) is 9.47 Å². The van der Waals surface area contributed by atoms with E-state index < -0.39 is 45.9 Å². The number of aromatic nitrogens is 1. The van der Waals surface area contributed by atoms with E-state index in [9.17, 15) is 15.0 Å². The van der Waals surface area contributed by atoms with Gasteiger partial charge in [0.1, 0.15) is 23.6 Å². The van der Waals surface area contributed by atoms with E-state index in [0.717, 1.165) is 6.42 Å². The monoisotopic (exact) mass is 657 g/mol. The topological polar surface area (TPSA) is 88.9 Å². The van der Waals surface area contributed by atoms with Gasteiger partial charge < -0.3 is 19.7 Å².